The molecule has 4 heterocycles. The second-order valence-corrected chi connectivity index (χ2v) is 12.0. The zero-order valence-corrected chi connectivity index (χ0v) is 25.9. The predicted molar refractivity (Wildman–Crippen MR) is 169 cm³/mol. The molecule has 4 rings (SSSR count). The highest BCUT2D eigenvalue weighted by atomic mass is 35.5. The Morgan fingerprint density at radius 1 is 1.23 bits per heavy atom. The number of pyridine rings is 2. The Kier molecular flexibility index (Phi) is 9.43. The minimum absolute atomic E-state index is 0.0376. The number of nitrogens with zero attached hydrogens (tertiary/aromatic N) is 5. The predicted octanol–water partition coefficient (Wildman–Crippen LogP) is 5.43. The van der Waals surface area contributed by atoms with E-state index in [1.165, 1.54) is 21.6 Å². The van der Waals surface area contributed by atoms with Crippen LogP contribution in [0.15, 0.2) is 63.8 Å². The molecule has 0 radical (unpaired) electrons. The van der Waals surface area contributed by atoms with Crippen LogP contribution in [0.4, 0.5) is 4.39 Å². The number of terminal acetylenes is 1. The third kappa shape index (κ3) is 6.36. The summed E-state index contributed by atoms with van der Waals surface area (Å²) in [6, 6.07) is 3.30. The van der Waals surface area contributed by atoms with E-state index in [0.717, 1.165) is 16.2 Å². The van der Waals surface area contributed by atoms with Crippen LogP contribution in [-0.2, 0) is 17.8 Å². The molecule has 0 unspecified atom stereocenters. The van der Waals surface area contributed by atoms with Crippen molar-refractivity contribution in [3.8, 4) is 18.0 Å². The monoisotopic (exact) mass is 623 g/mol. The topological polar surface area (TPSA) is 90.1 Å². The van der Waals surface area contributed by atoms with Gasteiger partial charge in [0.2, 0.25) is 5.91 Å². The summed E-state index contributed by atoms with van der Waals surface area (Å²) < 4.78 is 18.2. The largest absolute Gasteiger partial charge is 0.332 e. The van der Waals surface area contributed by atoms with E-state index in [2.05, 4.69) is 17.5 Å². The zero-order valence-electron chi connectivity index (χ0n) is 24.4. The zero-order chi connectivity index (χ0) is 31.6. The molecule has 0 spiro atoms. The molecule has 1 saturated heterocycles. The Morgan fingerprint density at radius 2 is 1.93 bits per heavy atom. The number of alkyl halides is 1. The van der Waals surface area contributed by atoms with Gasteiger partial charge in [0.05, 0.1) is 47.2 Å². The molecule has 1 aliphatic rings. The van der Waals surface area contributed by atoms with Crippen LogP contribution in [0.2, 0.25) is 5.02 Å². The molecule has 8 nitrogen and oxygen atoms in total. The second-order valence-electron chi connectivity index (χ2n) is 11.1. The lowest BCUT2D eigenvalue weighted by molar-refractivity contribution is -0.141. The lowest BCUT2D eigenvalue weighted by atomic mass is 9.95. The maximum atomic E-state index is 15.8. The van der Waals surface area contributed by atoms with Gasteiger partial charge < -0.3 is 4.90 Å². The van der Waals surface area contributed by atoms with Gasteiger partial charge in [-0.3, -0.25) is 28.5 Å². The molecule has 3 aromatic heterocycles. The van der Waals surface area contributed by atoms with Crippen molar-refractivity contribution < 1.29 is 9.18 Å². The number of hydrogen-bond donors (Lipinski definition) is 0. The van der Waals surface area contributed by atoms with Gasteiger partial charge in [-0.05, 0) is 47.8 Å². The van der Waals surface area contributed by atoms with Gasteiger partial charge in [-0.25, -0.2) is 9.37 Å². The van der Waals surface area contributed by atoms with E-state index in [-0.39, 0.29) is 47.5 Å². The first kappa shape index (κ1) is 31.9. The van der Waals surface area contributed by atoms with E-state index in [9.17, 15) is 14.4 Å². The van der Waals surface area contributed by atoms with Gasteiger partial charge in [-0.15, -0.1) is 6.42 Å². The molecule has 0 aliphatic carbocycles. The lowest BCUT2D eigenvalue weighted by Gasteiger charge is -2.44. The first-order chi connectivity index (χ1) is 20.3. The van der Waals surface area contributed by atoms with E-state index in [1.807, 2.05) is 27.7 Å². The van der Waals surface area contributed by atoms with Gasteiger partial charge in [-0.2, -0.15) is 0 Å². The van der Waals surface area contributed by atoms with Crippen molar-refractivity contribution in [3.63, 3.8) is 0 Å². The Labute approximate surface area is 259 Å². The number of hydrogen-bond acceptors (Lipinski definition) is 5. The number of carbonyl (C=O) groups excluding carboxylic acids is 1. The van der Waals surface area contributed by atoms with E-state index in [1.54, 1.807) is 24.4 Å². The first-order valence-electron chi connectivity index (χ1n) is 13.7. The van der Waals surface area contributed by atoms with Crippen LogP contribution < -0.4 is 11.1 Å². The number of fused-ring (bicyclic) bond motifs is 1. The van der Waals surface area contributed by atoms with E-state index in [0.29, 0.717) is 22.1 Å². The van der Waals surface area contributed by atoms with Crippen molar-refractivity contribution >= 4 is 40.3 Å². The van der Waals surface area contributed by atoms with Crippen LogP contribution in [0.5, 0.6) is 0 Å². The number of allylic oxidation sites excluding steroid dienone is 4. The maximum Gasteiger partial charge on any atom is 0.322 e. The van der Waals surface area contributed by atoms with Crippen LogP contribution in [0.25, 0.3) is 16.9 Å². The fourth-order valence-electron chi connectivity index (χ4n) is 5.13. The molecule has 1 aliphatic heterocycles. The molecule has 3 aromatic rings. The first-order valence-corrected chi connectivity index (χ1v) is 14.5. The number of likely N-dealkylation sites (tertiary alicyclic amines) is 1. The van der Waals surface area contributed by atoms with Gasteiger partial charge in [0.1, 0.15) is 0 Å². The lowest BCUT2D eigenvalue weighted by Crippen LogP contribution is -2.63. The summed E-state index contributed by atoms with van der Waals surface area (Å²) in [4.78, 5) is 50.3. The normalized spacial score (nSPS) is 14.9. The summed E-state index contributed by atoms with van der Waals surface area (Å²) in [5.41, 5.74) is -1.38. The standard InChI is InChI=1S/C32H32Cl2FN5O3/c1-7-9-10-11-21(33)14-24-23(34)15-25-29(37-24)40(28-22(19(3)4)12-13-36-27(28)20(5)6)31(43)30(42)39(25)18-32(35)16-38(17-32)26(41)8-2/h1,8-13,15,19-20H,2,14,16-18H2,3-6H3/b10-9-,21-11+. The Balaban J connectivity index is 2.04. The third-order valence-corrected chi connectivity index (χ3v) is 7.79. The molecule has 11 heteroatoms. The molecule has 0 bridgehead atoms. The highest BCUT2D eigenvalue weighted by Gasteiger charge is 2.46. The second kappa shape index (κ2) is 12.7. The van der Waals surface area contributed by atoms with E-state index < -0.39 is 29.2 Å². The summed E-state index contributed by atoms with van der Waals surface area (Å²) in [7, 11) is 0. The van der Waals surface area contributed by atoms with Gasteiger partial charge in [0.25, 0.3) is 0 Å². The van der Waals surface area contributed by atoms with E-state index >= 15 is 4.39 Å². The highest BCUT2D eigenvalue weighted by Crippen LogP contribution is 2.33. The van der Waals surface area contributed by atoms with Gasteiger partial charge in [0.15, 0.2) is 11.3 Å². The quantitative estimate of drug-likeness (QED) is 0.137. The number of halogens is 3. The molecule has 1 amide bonds. The van der Waals surface area contributed by atoms with Crippen molar-refractivity contribution in [2.75, 3.05) is 13.1 Å². The van der Waals surface area contributed by atoms with Crippen LogP contribution in [0.1, 0.15) is 56.5 Å². The van der Waals surface area contributed by atoms with Crippen LogP contribution >= 0.6 is 23.2 Å². The SMILES string of the molecule is C#C/C=C\C=C(\Cl)Cc1nc2c(cc1Cl)n(CC1(F)CN(C(=O)C=C)C1)c(=O)c(=O)n2-c1c(C(C)C)ccnc1C(C)C. The summed E-state index contributed by atoms with van der Waals surface area (Å²) in [5, 5.41) is 0.543. The van der Waals surface area contributed by atoms with Crippen LogP contribution in [0.3, 0.4) is 0 Å². The Hall–Kier alpha value is -4.00. The molecular formula is C32H32Cl2FN5O3. The van der Waals surface area contributed by atoms with Gasteiger partial charge >= 0.3 is 11.1 Å². The summed E-state index contributed by atoms with van der Waals surface area (Å²) in [5.74, 6) is 1.81. The Morgan fingerprint density at radius 3 is 2.53 bits per heavy atom. The highest BCUT2D eigenvalue weighted by molar-refractivity contribution is 6.32. The summed E-state index contributed by atoms with van der Waals surface area (Å²) >= 11 is 13.1. The average Bonchev–Trinajstić information content (AvgIpc) is 2.94. The van der Waals surface area contributed by atoms with Crippen molar-refractivity contribution in [2.24, 2.45) is 0 Å². The molecule has 0 aromatic carbocycles. The fourth-order valence-corrected chi connectivity index (χ4v) is 5.54. The average molecular weight is 625 g/mol. The van der Waals surface area contributed by atoms with Crippen molar-refractivity contribution in [1.82, 2.24) is 24.0 Å². The number of rotatable bonds is 9. The minimum Gasteiger partial charge on any atom is -0.332 e. The smallest absolute Gasteiger partial charge is 0.322 e. The van der Waals surface area contributed by atoms with Gasteiger partial charge in [0, 0.05) is 17.6 Å². The number of aromatic nitrogens is 4. The minimum atomic E-state index is -1.95. The van der Waals surface area contributed by atoms with Crippen molar-refractivity contribution in [1.29, 1.82) is 0 Å². The number of amides is 1. The fraction of sp³-hybridized carbons (Fsp3) is 0.344. The van der Waals surface area contributed by atoms with Crippen molar-refractivity contribution in [3.05, 3.63) is 96.9 Å². The van der Waals surface area contributed by atoms with Crippen LogP contribution in [0, 0.1) is 12.3 Å². The molecule has 1 fully saturated rings. The summed E-state index contributed by atoms with van der Waals surface area (Å²) in [6.45, 7) is 10.3. The molecule has 43 heavy (non-hydrogen) atoms. The molecule has 0 atom stereocenters. The molecular weight excluding hydrogens is 592 g/mol. The van der Waals surface area contributed by atoms with E-state index in [4.69, 9.17) is 34.6 Å². The van der Waals surface area contributed by atoms with Crippen LogP contribution in [-0.4, -0.2) is 48.7 Å². The third-order valence-electron chi connectivity index (χ3n) is 7.20. The Bertz CT molecular complexity index is 1800. The molecule has 0 saturated carbocycles. The molecule has 0 N–H and O–H groups in total. The molecule has 224 valence electrons. The van der Waals surface area contributed by atoms with Gasteiger partial charge in [-0.1, -0.05) is 69.5 Å². The maximum absolute atomic E-state index is 15.8. The summed E-state index contributed by atoms with van der Waals surface area (Å²) in [6.07, 6.45) is 12.8. The number of carbonyl (C=O) groups is 1. The van der Waals surface area contributed by atoms with Crippen molar-refractivity contribution in [2.45, 2.75) is 58.2 Å².